The largest absolute Gasteiger partial charge is 0.488 e. The monoisotopic (exact) mass is 263 g/mol. The second-order valence-corrected chi connectivity index (χ2v) is 5.43. The molecule has 1 aliphatic rings. The fourth-order valence-electron chi connectivity index (χ4n) is 2.62. The Morgan fingerprint density at radius 1 is 1.42 bits per heavy atom. The van der Waals surface area contributed by atoms with Gasteiger partial charge in [-0.05, 0) is 62.9 Å². The van der Waals surface area contributed by atoms with Crippen LogP contribution in [0.5, 0.6) is 5.75 Å². The van der Waals surface area contributed by atoms with E-state index in [4.69, 9.17) is 4.74 Å². The lowest BCUT2D eigenvalue weighted by molar-refractivity contribution is 0.0603. The van der Waals surface area contributed by atoms with Gasteiger partial charge < -0.3 is 15.2 Å². The number of benzene rings is 1. The topological polar surface area (TPSA) is 41.5 Å². The summed E-state index contributed by atoms with van der Waals surface area (Å²) in [5.41, 5.74) is 2.79. The first-order chi connectivity index (χ1) is 9.11. The molecule has 1 aromatic carbocycles. The van der Waals surface area contributed by atoms with Crippen molar-refractivity contribution >= 4 is 0 Å². The van der Waals surface area contributed by atoms with Crippen molar-refractivity contribution < 1.29 is 9.84 Å². The van der Waals surface area contributed by atoms with Gasteiger partial charge in [-0.1, -0.05) is 13.0 Å². The summed E-state index contributed by atoms with van der Waals surface area (Å²) in [6.07, 6.45) is 2.95. The molecule has 0 saturated carbocycles. The molecule has 19 heavy (non-hydrogen) atoms. The van der Waals surface area contributed by atoms with Gasteiger partial charge in [0.05, 0.1) is 6.10 Å². The maximum absolute atomic E-state index is 9.52. The molecule has 106 valence electrons. The Balaban J connectivity index is 2.18. The van der Waals surface area contributed by atoms with Gasteiger partial charge in [-0.25, -0.2) is 0 Å². The fraction of sp³-hybridized carbons (Fsp3) is 0.625. The minimum Gasteiger partial charge on any atom is -0.488 e. The number of aryl methyl sites for hydroxylation is 1. The molecule has 3 nitrogen and oxygen atoms in total. The quantitative estimate of drug-likeness (QED) is 0.858. The second kappa shape index (κ2) is 6.40. The molecule has 0 aliphatic heterocycles. The average molecular weight is 263 g/mol. The van der Waals surface area contributed by atoms with E-state index >= 15 is 0 Å². The van der Waals surface area contributed by atoms with Gasteiger partial charge in [0.2, 0.25) is 0 Å². The van der Waals surface area contributed by atoms with E-state index in [9.17, 15) is 5.11 Å². The molecular weight excluding hydrogens is 238 g/mol. The van der Waals surface area contributed by atoms with Crippen molar-refractivity contribution in [1.29, 1.82) is 0 Å². The van der Waals surface area contributed by atoms with E-state index in [2.05, 4.69) is 24.4 Å². The first kappa shape index (κ1) is 14.4. The number of fused-ring (bicyclic) bond motifs is 1. The Kier molecular flexibility index (Phi) is 4.83. The number of nitrogens with one attached hydrogen (secondary N) is 1. The van der Waals surface area contributed by atoms with E-state index < -0.39 is 6.10 Å². The van der Waals surface area contributed by atoms with E-state index in [-0.39, 0.29) is 6.10 Å². The van der Waals surface area contributed by atoms with E-state index in [1.54, 1.807) is 6.92 Å². The van der Waals surface area contributed by atoms with Crippen LogP contribution in [0.3, 0.4) is 0 Å². The van der Waals surface area contributed by atoms with Crippen molar-refractivity contribution in [2.45, 2.75) is 58.3 Å². The number of hydrogen-bond acceptors (Lipinski definition) is 3. The smallest absolute Gasteiger partial charge is 0.121 e. The van der Waals surface area contributed by atoms with Gasteiger partial charge in [0.1, 0.15) is 11.9 Å². The van der Waals surface area contributed by atoms with Gasteiger partial charge >= 0.3 is 0 Å². The van der Waals surface area contributed by atoms with Crippen LogP contribution in [-0.2, 0) is 6.42 Å². The maximum Gasteiger partial charge on any atom is 0.121 e. The van der Waals surface area contributed by atoms with Gasteiger partial charge in [0.15, 0.2) is 0 Å². The van der Waals surface area contributed by atoms with Crippen LogP contribution >= 0.6 is 0 Å². The Bertz CT molecular complexity index is 417. The molecule has 2 N–H and O–H groups in total. The molecule has 0 spiro atoms. The molecule has 3 heteroatoms. The van der Waals surface area contributed by atoms with E-state index in [0.717, 1.165) is 18.7 Å². The molecule has 0 amide bonds. The molecule has 1 aliphatic carbocycles. The van der Waals surface area contributed by atoms with Crippen LogP contribution in [0.25, 0.3) is 0 Å². The molecule has 3 atom stereocenters. The van der Waals surface area contributed by atoms with E-state index in [0.29, 0.717) is 6.04 Å². The number of ether oxygens (including phenoxy) is 1. The van der Waals surface area contributed by atoms with Crippen LogP contribution in [0.2, 0.25) is 0 Å². The van der Waals surface area contributed by atoms with Crippen molar-refractivity contribution in [2.75, 3.05) is 6.54 Å². The predicted octanol–water partition coefficient (Wildman–Crippen LogP) is 2.82. The van der Waals surface area contributed by atoms with Gasteiger partial charge in [-0.2, -0.15) is 0 Å². The third-order valence-corrected chi connectivity index (χ3v) is 3.88. The van der Waals surface area contributed by atoms with Crippen LogP contribution in [0.4, 0.5) is 0 Å². The normalized spacial score (nSPS) is 21.6. The second-order valence-electron chi connectivity index (χ2n) is 5.43. The summed E-state index contributed by atoms with van der Waals surface area (Å²) >= 11 is 0. The summed E-state index contributed by atoms with van der Waals surface area (Å²) in [7, 11) is 0. The van der Waals surface area contributed by atoms with Crippen molar-refractivity contribution in [2.24, 2.45) is 0 Å². The first-order valence-corrected chi connectivity index (χ1v) is 7.32. The van der Waals surface area contributed by atoms with Crippen molar-refractivity contribution in [3.63, 3.8) is 0 Å². The molecule has 0 radical (unpaired) electrons. The summed E-state index contributed by atoms with van der Waals surface area (Å²) in [6.45, 7) is 6.78. The van der Waals surface area contributed by atoms with E-state index in [1.807, 2.05) is 13.0 Å². The van der Waals surface area contributed by atoms with E-state index in [1.165, 1.54) is 24.0 Å². The maximum atomic E-state index is 9.52. The molecule has 0 fully saturated rings. The highest BCUT2D eigenvalue weighted by atomic mass is 16.5. The average Bonchev–Trinajstić information content (AvgIpc) is 2.39. The van der Waals surface area contributed by atoms with Crippen molar-refractivity contribution in [3.8, 4) is 5.75 Å². The van der Waals surface area contributed by atoms with Gasteiger partial charge in [-0.3, -0.25) is 0 Å². The van der Waals surface area contributed by atoms with Crippen LogP contribution in [0.1, 0.15) is 50.8 Å². The van der Waals surface area contributed by atoms with Crippen molar-refractivity contribution in [1.82, 2.24) is 5.32 Å². The van der Waals surface area contributed by atoms with Gasteiger partial charge in [0, 0.05) is 6.04 Å². The lowest BCUT2D eigenvalue weighted by atomic mass is 9.87. The Labute approximate surface area is 116 Å². The number of aliphatic hydroxyl groups is 1. The van der Waals surface area contributed by atoms with Gasteiger partial charge in [-0.15, -0.1) is 0 Å². The van der Waals surface area contributed by atoms with Crippen LogP contribution < -0.4 is 10.1 Å². The third-order valence-electron chi connectivity index (χ3n) is 3.88. The van der Waals surface area contributed by atoms with Crippen molar-refractivity contribution in [3.05, 3.63) is 29.3 Å². The summed E-state index contributed by atoms with van der Waals surface area (Å²) in [6, 6.07) is 6.77. The Hall–Kier alpha value is -1.06. The Morgan fingerprint density at radius 2 is 2.21 bits per heavy atom. The highest BCUT2D eigenvalue weighted by Gasteiger charge is 2.20. The number of rotatable bonds is 5. The number of hydrogen-bond donors (Lipinski definition) is 2. The zero-order valence-corrected chi connectivity index (χ0v) is 12.1. The molecule has 1 aromatic rings. The molecule has 0 heterocycles. The number of aliphatic hydroxyl groups excluding tert-OH is 1. The molecule has 0 bridgehead atoms. The minimum absolute atomic E-state index is 0.181. The van der Waals surface area contributed by atoms with Gasteiger partial charge in [0.25, 0.3) is 0 Å². The summed E-state index contributed by atoms with van der Waals surface area (Å²) < 4.78 is 5.79. The predicted molar refractivity (Wildman–Crippen MR) is 77.6 cm³/mol. The molecule has 2 rings (SSSR count). The highest BCUT2D eigenvalue weighted by molar-refractivity contribution is 5.39. The zero-order chi connectivity index (χ0) is 13.8. The standard InChI is InChI=1S/C16H25NO2/c1-4-17-16-7-5-6-13-8-9-14(10-15(13)16)19-12(3)11(2)18/h8-12,16-18H,4-7H2,1-3H3. The zero-order valence-electron chi connectivity index (χ0n) is 12.1. The third kappa shape index (κ3) is 3.48. The minimum atomic E-state index is -0.458. The molecule has 0 saturated heterocycles. The summed E-state index contributed by atoms with van der Waals surface area (Å²) in [4.78, 5) is 0. The Morgan fingerprint density at radius 3 is 2.89 bits per heavy atom. The van der Waals surface area contributed by atoms with Crippen LogP contribution in [0, 0.1) is 0 Å². The summed E-state index contributed by atoms with van der Waals surface area (Å²) in [5.74, 6) is 0.858. The SMILES string of the molecule is CCNC1CCCc2ccc(OC(C)C(C)O)cc21. The lowest BCUT2D eigenvalue weighted by Crippen LogP contribution is -2.27. The van der Waals surface area contributed by atoms with Crippen LogP contribution in [-0.4, -0.2) is 23.9 Å². The molecule has 3 unspecified atom stereocenters. The summed E-state index contributed by atoms with van der Waals surface area (Å²) in [5, 5.41) is 13.1. The first-order valence-electron chi connectivity index (χ1n) is 7.32. The van der Waals surface area contributed by atoms with Crippen LogP contribution in [0.15, 0.2) is 18.2 Å². The lowest BCUT2D eigenvalue weighted by Gasteiger charge is -2.27. The fourth-order valence-corrected chi connectivity index (χ4v) is 2.62. The molecular formula is C16H25NO2. The highest BCUT2D eigenvalue weighted by Crippen LogP contribution is 2.32. The molecule has 0 aromatic heterocycles.